The van der Waals surface area contributed by atoms with E-state index < -0.39 is 0 Å². The van der Waals surface area contributed by atoms with Crippen LogP contribution in [0, 0.1) is 0 Å². The Balaban J connectivity index is 1.53. The summed E-state index contributed by atoms with van der Waals surface area (Å²) in [6.07, 6.45) is 16.7. The van der Waals surface area contributed by atoms with Crippen LogP contribution < -0.4 is 0 Å². The zero-order valence-corrected chi connectivity index (χ0v) is 14.7. The Kier molecular flexibility index (Phi) is 6.58. The summed E-state index contributed by atoms with van der Waals surface area (Å²) < 4.78 is 0. The van der Waals surface area contributed by atoms with Crippen molar-refractivity contribution >= 4 is 24.3 Å². The summed E-state index contributed by atoms with van der Waals surface area (Å²) in [5, 5.41) is 0. The first-order valence-electron chi connectivity index (χ1n) is 8.80. The van der Waals surface area contributed by atoms with E-state index >= 15 is 0 Å². The lowest BCUT2D eigenvalue weighted by atomic mass is 10.1. The summed E-state index contributed by atoms with van der Waals surface area (Å²) in [5.74, 6) is 0. The summed E-state index contributed by atoms with van der Waals surface area (Å²) in [7, 11) is 0. The summed E-state index contributed by atoms with van der Waals surface area (Å²) in [6, 6.07) is 29.2. The Hall–Kier alpha value is -3.38. The largest absolute Gasteiger partial charge is 0.0622 e. The average molecular weight is 334 g/mol. The van der Waals surface area contributed by atoms with Crippen molar-refractivity contribution < 1.29 is 0 Å². The molecule has 0 spiro atoms. The van der Waals surface area contributed by atoms with Gasteiger partial charge in [-0.05, 0) is 22.3 Å². The van der Waals surface area contributed by atoms with Gasteiger partial charge >= 0.3 is 0 Å². The van der Waals surface area contributed by atoms with Crippen molar-refractivity contribution in [3.05, 3.63) is 131 Å². The molecular weight excluding hydrogens is 312 g/mol. The maximum Gasteiger partial charge on any atom is -0.0256 e. The number of hydrogen-bond acceptors (Lipinski definition) is 0. The number of rotatable bonds is 6. The molecule has 3 aromatic rings. The van der Waals surface area contributed by atoms with Crippen LogP contribution in [-0.4, -0.2) is 0 Å². The van der Waals surface area contributed by atoms with Crippen molar-refractivity contribution in [1.82, 2.24) is 0 Å². The molecule has 0 aliphatic rings. The monoisotopic (exact) mass is 334 g/mol. The highest BCUT2D eigenvalue weighted by Crippen LogP contribution is 2.09. The summed E-state index contributed by atoms with van der Waals surface area (Å²) in [6.45, 7) is 0. The molecule has 0 atom stereocenters. The fourth-order valence-electron chi connectivity index (χ4n) is 2.51. The molecule has 3 rings (SSSR count). The van der Waals surface area contributed by atoms with E-state index in [2.05, 4.69) is 97.1 Å². The molecule has 0 nitrogen and oxygen atoms in total. The van der Waals surface area contributed by atoms with Crippen molar-refractivity contribution in [2.75, 3.05) is 0 Å². The maximum atomic E-state index is 2.13. The minimum Gasteiger partial charge on any atom is -0.0622 e. The second-order valence-corrected chi connectivity index (χ2v) is 5.92. The Labute approximate surface area is 156 Å². The molecular formula is C26H22. The van der Waals surface area contributed by atoms with Gasteiger partial charge in [-0.15, -0.1) is 0 Å². The highest BCUT2D eigenvalue weighted by Gasteiger charge is 1.88. The third-order valence-electron chi connectivity index (χ3n) is 3.91. The molecule has 0 bridgehead atoms. The minimum absolute atomic E-state index is 1.19. The first-order valence-corrected chi connectivity index (χ1v) is 8.80. The lowest BCUT2D eigenvalue weighted by molar-refractivity contribution is 1.62. The van der Waals surface area contributed by atoms with Gasteiger partial charge in [0.2, 0.25) is 0 Å². The molecule has 26 heavy (non-hydrogen) atoms. The van der Waals surface area contributed by atoms with Crippen LogP contribution >= 0.6 is 0 Å². The van der Waals surface area contributed by atoms with Crippen LogP contribution in [0.15, 0.2) is 109 Å². The summed E-state index contributed by atoms with van der Waals surface area (Å²) in [5.41, 5.74) is 4.81. The maximum absolute atomic E-state index is 2.13. The standard InChI is InChI=1S/C26H22/c1-3-11-23(12-4-1)15-7-9-17-25-19-21-26(22-20-25)18-10-8-16-24-13-5-2-6-14-24/h1-22H/b15-7+,16-8+,17-9+,18-10+. The highest BCUT2D eigenvalue weighted by atomic mass is 13.9. The van der Waals surface area contributed by atoms with Crippen LogP contribution in [0.1, 0.15) is 22.3 Å². The SMILES string of the molecule is C(/C=C/c1ccc(/C=C/C=C/c2ccccc2)cc1)=C\c1ccccc1. The lowest BCUT2D eigenvalue weighted by Crippen LogP contribution is -1.74. The van der Waals surface area contributed by atoms with Gasteiger partial charge in [-0.3, -0.25) is 0 Å². The Bertz CT molecular complexity index is 815. The van der Waals surface area contributed by atoms with E-state index in [1.54, 1.807) is 0 Å². The van der Waals surface area contributed by atoms with Gasteiger partial charge in [0.1, 0.15) is 0 Å². The van der Waals surface area contributed by atoms with Gasteiger partial charge in [0.15, 0.2) is 0 Å². The van der Waals surface area contributed by atoms with E-state index in [-0.39, 0.29) is 0 Å². The molecule has 0 heteroatoms. The smallest absolute Gasteiger partial charge is 0.0256 e. The van der Waals surface area contributed by atoms with E-state index in [1.165, 1.54) is 22.3 Å². The molecule has 0 saturated carbocycles. The molecule has 0 fully saturated rings. The first kappa shape index (κ1) is 17.4. The lowest BCUT2D eigenvalue weighted by Gasteiger charge is -1.95. The van der Waals surface area contributed by atoms with Crippen LogP contribution in [0.3, 0.4) is 0 Å². The third-order valence-corrected chi connectivity index (χ3v) is 3.91. The fraction of sp³-hybridized carbons (Fsp3) is 0. The van der Waals surface area contributed by atoms with E-state index in [1.807, 2.05) is 36.4 Å². The Morgan fingerprint density at radius 1 is 0.308 bits per heavy atom. The second-order valence-electron chi connectivity index (χ2n) is 5.92. The van der Waals surface area contributed by atoms with Gasteiger partial charge in [-0.25, -0.2) is 0 Å². The summed E-state index contributed by atoms with van der Waals surface area (Å²) in [4.78, 5) is 0. The number of allylic oxidation sites excluding steroid dienone is 4. The molecule has 0 aromatic heterocycles. The second kappa shape index (κ2) is 9.80. The Morgan fingerprint density at radius 2 is 0.577 bits per heavy atom. The van der Waals surface area contributed by atoms with Gasteiger partial charge in [0.25, 0.3) is 0 Å². The van der Waals surface area contributed by atoms with Crippen molar-refractivity contribution in [1.29, 1.82) is 0 Å². The molecule has 0 amide bonds. The van der Waals surface area contributed by atoms with Crippen LogP contribution in [0.25, 0.3) is 24.3 Å². The normalized spacial score (nSPS) is 12.0. The zero-order valence-electron chi connectivity index (χ0n) is 14.7. The molecule has 3 aromatic carbocycles. The van der Waals surface area contributed by atoms with Gasteiger partial charge in [-0.1, -0.05) is 134 Å². The third kappa shape index (κ3) is 5.92. The van der Waals surface area contributed by atoms with Gasteiger partial charge < -0.3 is 0 Å². The fourth-order valence-corrected chi connectivity index (χ4v) is 2.51. The van der Waals surface area contributed by atoms with Crippen molar-refractivity contribution in [3.8, 4) is 0 Å². The van der Waals surface area contributed by atoms with E-state index in [0.717, 1.165) is 0 Å². The molecule has 126 valence electrons. The molecule has 0 aliphatic carbocycles. The molecule has 0 unspecified atom stereocenters. The highest BCUT2D eigenvalue weighted by molar-refractivity contribution is 5.61. The molecule has 0 N–H and O–H groups in total. The predicted octanol–water partition coefficient (Wildman–Crippen LogP) is 7.14. The molecule has 0 saturated heterocycles. The first-order chi connectivity index (χ1) is 12.9. The van der Waals surface area contributed by atoms with E-state index in [4.69, 9.17) is 0 Å². The van der Waals surface area contributed by atoms with Crippen LogP contribution in [-0.2, 0) is 0 Å². The average Bonchev–Trinajstić information content (AvgIpc) is 2.71. The van der Waals surface area contributed by atoms with Crippen molar-refractivity contribution in [3.63, 3.8) is 0 Å². The van der Waals surface area contributed by atoms with Gasteiger partial charge in [0.05, 0.1) is 0 Å². The van der Waals surface area contributed by atoms with Crippen LogP contribution in [0.2, 0.25) is 0 Å². The van der Waals surface area contributed by atoms with Crippen LogP contribution in [0.4, 0.5) is 0 Å². The molecule has 0 aliphatic heterocycles. The topological polar surface area (TPSA) is 0 Å². The number of benzene rings is 3. The summed E-state index contributed by atoms with van der Waals surface area (Å²) >= 11 is 0. The van der Waals surface area contributed by atoms with Crippen molar-refractivity contribution in [2.24, 2.45) is 0 Å². The predicted molar refractivity (Wildman–Crippen MR) is 115 cm³/mol. The van der Waals surface area contributed by atoms with Crippen LogP contribution in [0.5, 0.6) is 0 Å². The minimum atomic E-state index is 1.19. The molecule has 0 heterocycles. The van der Waals surface area contributed by atoms with Crippen molar-refractivity contribution in [2.45, 2.75) is 0 Å². The number of hydrogen-bond donors (Lipinski definition) is 0. The van der Waals surface area contributed by atoms with E-state index in [9.17, 15) is 0 Å². The zero-order chi connectivity index (χ0) is 17.9. The van der Waals surface area contributed by atoms with Gasteiger partial charge in [0, 0.05) is 0 Å². The Morgan fingerprint density at radius 3 is 0.885 bits per heavy atom. The van der Waals surface area contributed by atoms with Gasteiger partial charge in [-0.2, -0.15) is 0 Å². The molecule has 0 radical (unpaired) electrons. The van der Waals surface area contributed by atoms with E-state index in [0.29, 0.717) is 0 Å². The quantitative estimate of drug-likeness (QED) is 0.420.